The minimum absolute atomic E-state index is 0.159. The van der Waals surface area contributed by atoms with Crippen LogP contribution in [-0.4, -0.2) is 16.7 Å². The fourth-order valence-corrected chi connectivity index (χ4v) is 4.07. The van der Waals surface area contributed by atoms with Gasteiger partial charge in [-0.25, -0.2) is 15.0 Å². The quantitative estimate of drug-likeness (QED) is 0.468. The first-order valence-corrected chi connectivity index (χ1v) is 9.90. The van der Waals surface area contributed by atoms with E-state index in [-0.39, 0.29) is 5.54 Å². The Hall–Kier alpha value is -3.37. The van der Waals surface area contributed by atoms with E-state index in [0.29, 0.717) is 5.82 Å². The third-order valence-electron chi connectivity index (χ3n) is 5.94. The molecule has 1 fully saturated rings. The Labute approximate surface area is 170 Å². The molecule has 4 heteroatoms. The summed E-state index contributed by atoms with van der Waals surface area (Å²) >= 11 is 0. The van der Waals surface area contributed by atoms with Gasteiger partial charge in [0.05, 0.1) is 11.2 Å². The van der Waals surface area contributed by atoms with E-state index in [0.717, 1.165) is 46.1 Å². The van der Waals surface area contributed by atoms with Gasteiger partial charge in [0.25, 0.3) is 0 Å². The van der Waals surface area contributed by atoms with Gasteiger partial charge in [0.2, 0.25) is 0 Å². The number of nitrogens with two attached hydrogens (primary N) is 1. The van der Waals surface area contributed by atoms with Crippen molar-refractivity contribution in [1.29, 1.82) is 0 Å². The third kappa shape index (κ3) is 3.02. The van der Waals surface area contributed by atoms with E-state index in [1.165, 1.54) is 12.0 Å². The van der Waals surface area contributed by atoms with Crippen LogP contribution < -0.4 is 5.73 Å². The summed E-state index contributed by atoms with van der Waals surface area (Å²) in [7, 11) is 0. The van der Waals surface area contributed by atoms with Gasteiger partial charge in [-0.05, 0) is 49.2 Å². The van der Waals surface area contributed by atoms with Crippen molar-refractivity contribution in [3.05, 3.63) is 78.5 Å². The molecule has 1 saturated carbocycles. The fraction of sp³-hybridized carbons (Fsp3) is 0.160. The van der Waals surface area contributed by atoms with Gasteiger partial charge in [-0.3, -0.25) is 0 Å². The molecule has 2 aromatic heterocycles. The molecule has 2 aromatic carbocycles. The first kappa shape index (κ1) is 17.7. The van der Waals surface area contributed by atoms with Crippen LogP contribution in [0.5, 0.6) is 0 Å². The Morgan fingerprint density at radius 1 is 0.931 bits per heavy atom. The molecule has 0 spiro atoms. The summed E-state index contributed by atoms with van der Waals surface area (Å²) in [5.74, 6) is 0.601. The number of fused-ring (bicyclic) bond motifs is 1. The first-order chi connectivity index (χ1) is 14.2. The van der Waals surface area contributed by atoms with E-state index in [1.54, 1.807) is 6.20 Å². The molecule has 0 atom stereocenters. The van der Waals surface area contributed by atoms with Crippen molar-refractivity contribution in [2.75, 3.05) is 0 Å². The van der Waals surface area contributed by atoms with Gasteiger partial charge in [-0.1, -0.05) is 54.6 Å². The van der Waals surface area contributed by atoms with Crippen molar-refractivity contribution in [2.24, 2.45) is 10.7 Å². The van der Waals surface area contributed by atoms with Crippen LogP contribution in [-0.2, 0) is 5.54 Å². The van der Waals surface area contributed by atoms with Crippen LogP contribution in [0.2, 0.25) is 0 Å². The summed E-state index contributed by atoms with van der Waals surface area (Å²) in [6.45, 7) is 3.66. The summed E-state index contributed by atoms with van der Waals surface area (Å²) in [6.07, 6.45) is 5.04. The minimum atomic E-state index is -0.159. The molecular formula is C25H22N4. The number of nitrogens with zero attached hydrogens (tertiary/aromatic N) is 3. The SMILES string of the molecule is C=Nc1nccc2nc(-c3ccc(C4(N)CCC4)cc3)c(-c3ccccc3)cc12. The van der Waals surface area contributed by atoms with Gasteiger partial charge in [0.1, 0.15) is 0 Å². The predicted molar refractivity (Wildman–Crippen MR) is 119 cm³/mol. The summed E-state index contributed by atoms with van der Waals surface area (Å²) in [5, 5.41) is 0.900. The molecule has 0 radical (unpaired) electrons. The summed E-state index contributed by atoms with van der Waals surface area (Å²) in [4.78, 5) is 13.4. The average Bonchev–Trinajstić information content (AvgIpc) is 2.77. The van der Waals surface area contributed by atoms with Gasteiger partial charge in [-0.2, -0.15) is 0 Å². The standard InChI is InChI=1S/C25H22N4/c1-27-24-21-16-20(17-6-3-2-4-7-17)23(29-22(21)12-15-28-24)18-8-10-19(11-9-18)25(26)13-5-14-25/h2-4,6-12,15-16H,1,5,13-14,26H2. The Kier molecular flexibility index (Phi) is 4.22. The maximum atomic E-state index is 6.50. The number of rotatable bonds is 4. The lowest BCUT2D eigenvalue weighted by molar-refractivity contribution is 0.253. The van der Waals surface area contributed by atoms with Crippen molar-refractivity contribution in [3.8, 4) is 22.4 Å². The molecule has 1 aliphatic rings. The molecule has 0 bridgehead atoms. The molecule has 5 rings (SSSR count). The zero-order chi connectivity index (χ0) is 19.8. The van der Waals surface area contributed by atoms with E-state index >= 15 is 0 Å². The second-order valence-electron chi connectivity index (χ2n) is 7.70. The molecule has 4 nitrogen and oxygen atoms in total. The molecular weight excluding hydrogens is 356 g/mol. The topological polar surface area (TPSA) is 64.2 Å². The van der Waals surface area contributed by atoms with Crippen LogP contribution in [0.25, 0.3) is 33.3 Å². The van der Waals surface area contributed by atoms with Crippen molar-refractivity contribution in [2.45, 2.75) is 24.8 Å². The van der Waals surface area contributed by atoms with Crippen molar-refractivity contribution in [1.82, 2.24) is 9.97 Å². The smallest absolute Gasteiger partial charge is 0.160 e. The lowest BCUT2D eigenvalue weighted by Gasteiger charge is -2.38. The monoisotopic (exact) mass is 378 g/mol. The van der Waals surface area contributed by atoms with Crippen molar-refractivity contribution >= 4 is 23.4 Å². The van der Waals surface area contributed by atoms with Crippen molar-refractivity contribution in [3.63, 3.8) is 0 Å². The van der Waals surface area contributed by atoms with Crippen LogP contribution in [0, 0.1) is 0 Å². The molecule has 29 heavy (non-hydrogen) atoms. The lowest BCUT2D eigenvalue weighted by Crippen LogP contribution is -2.43. The Balaban J connectivity index is 1.70. The normalized spacial score (nSPS) is 15.1. The van der Waals surface area contributed by atoms with E-state index < -0.39 is 0 Å². The molecule has 142 valence electrons. The van der Waals surface area contributed by atoms with Gasteiger partial charge < -0.3 is 5.73 Å². The maximum Gasteiger partial charge on any atom is 0.160 e. The lowest BCUT2D eigenvalue weighted by atomic mass is 9.72. The van der Waals surface area contributed by atoms with Crippen LogP contribution in [0.15, 0.2) is 77.9 Å². The number of aromatic nitrogens is 2. The van der Waals surface area contributed by atoms with Crippen LogP contribution >= 0.6 is 0 Å². The third-order valence-corrected chi connectivity index (χ3v) is 5.94. The van der Waals surface area contributed by atoms with E-state index in [1.807, 2.05) is 24.3 Å². The molecule has 0 aliphatic heterocycles. The fourth-order valence-electron chi connectivity index (χ4n) is 4.07. The predicted octanol–water partition coefficient (Wildman–Crippen LogP) is 5.63. The number of hydrogen-bond donors (Lipinski definition) is 1. The second kappa shape index (κ2) is 6.90. The minimum Gasteiger partial charge on any atom is -0.321 e. The maximum absolute atomic E-state index is 6.50. The highest BCUT2D eigenvalue weighted by Crippen LogP contribution is 2.40. The van der Waals surface area contributed by atoms with Crippen LogP contribution in [0.4, 0.5) is 5.82 Å². The Bertz CT molecular complexity index is 1190. The highest BCUT2D eigenvalue weighted by Gasteiger charge is 2.34. The second-order valence-corrected chi connectivity index (χ2v) is 7.70. The zero-order valence-electron chi connectivity index (χ0n) is 16.2. The molecule has 4 aromatic rings. The van der Waals surface area contributed by atoms with Crippen LogP contribution in [0.1, 0.15) is 24.8 Å². The van der Waals surface area contributed by atoms with E-state index in [2.05, 4.69) is 59.2 Å². The molecule has 0 saturated heterocycles. The highest BCUT2D eigenvalue weighted by atomic mass is 14.9. The van der Waals surface area contributed by atoms with Gasteiger partial charge in [0, 0.05) is 28.2 Å². The van der Waals surface area contributed by atoms with Crippen molar-refractivity contribution < 1.29 is 0 Å². The molecule has 2 N–H and O–H groups in total. The largest absolute Gasteiger partial charge is 0.321 e. The molecule has 0 amide bonds. The van der Waals surface area contributed by atoms with E-state index in [4.69, 9.17) is 10.7 Å². The average molecular weight is 378 g/mol. The number of hydrogen-bond acceptors (Lipinski definition) is 4. The van der Waals surface area contributed by atoms with Gasteiger partial charge >= 0.3 is 0 Å². The summed E-state index contributed by atoms with van der Waals surface area (Å²) < 4.78 is 0. The molecule has 0 unspecified atom stereocenters. The number of pyridine rings is 2. The molecule has 1 aliphatic carbocycles. The van der Waals surface area contributed by atoms with Gasteiger partial charge in [0.15, 0.2) is 5.82 Å². The van der Waals surface area contributed by atoms with E-state index in [9.17, 15) is 0 Å². The Morgan fingerprint density at radius 2 is 1.69 bits per heavy atom. The Morgan fingerprint density at radius 3 is 2.34 bits per heavy atom. The van der Waals surface area contributed by atoms with Gasteiger partial charge in [-0.15, -0.1) is 0 Å². The summed E-state index contributed by atoms with van der Waals surface area (Å²) in [5.41, 5.74) is 12.6. The summed E-state index contributed by atoms with van der Waals surface area (Å²) in [6, 6.07) is 22.9. The first-order valence-electron chi connectivity index (χ1n) is 9.90. The molecule has 2 heterocycles. The zero-order valence-corrected chi connectivity index (χ0v) is 16.2. The highest BCUT2D eigenvalue weighted by molar-refractivity contribution is 5.96. The number of benzene rings is 2. The number of aliphatic imine (C=N–C) groups is 1. The van der Waals surface area contributed by atoms with Crippen LogP contribution in [0.3, 0.4) is 0 Å².